The van der Waals surface area contributed by atoms with E-state index in [1.807, 2.05) is 24.3 Å². The van der Waals surface area contributed by atoms with E-state index in [9.17, 15) is 5.11 Å². The fourth-order valence-corrected chi connectivity index (χ4v) is 1.86. The Hall–Kier alpha value is -1.94. The molecule has 1 aliphatic heterocycles. The molecule has 1 aliphatic rings. The van der Waals surface area contributed by atoms with Crippen LogP contribution in [-0.2, 0) is 6.42 Å². The lowest BCUT2D eigenvalue weighted by Gasteiger charge is -2.09. The van der Waals surface area contributed by atoms with E-state index >= 15 is 0 Å². The van der Waals surface area contributed by atoms with Crippen LogP contribution < -0.4 is 9.47 Å². The van der Waals surface area contributed by atoms with Gasteiger partial charge >= 0.3 is 0 Å². The van der Waals surface area contributed by atoms with Crippen molar-refractivity contribution in [2.24, 2.45) is 0 Å². The van der Waals surface area contributed by atoms with Crippen LogP contribution in [0.1, 0.15) is 17.4 Å². The third kappa shape index (κ3) is 1.99. The van der Waals surface area contributed by atoms with Gasteiger partial charge in [0.25, 0.3) is 0 Å². The molecule has 1 aromatic heterocycles. The van der Waals surface area contributed by atoms with Crippen LogP contribution in [0.4, 0.5) is 0 Å². The van der Waals surface area contributed by atoms with Crippen LogP contribution in [-0.4, -0.2) is 11.9 Å². The summed E-state index contributed by atoms with van der Waals surface area (Å²) >= 11 is 0. The number of aliphatic hydroxyl groups excluding tert-OH is 1. The molecule has 2 heterocycles. The molecule has 0 saturated carbocycles. The molecular weight excluding hydrogens is 220 g/mol. The lowest BCUT2D eigenvalue weighted by molar-refractivity contribution is 0.167. The van der Waals surface area contributed by atoms with E-state index in [-0.39, 0.29) is 6.79 Å². The normalized spacial score (nSPS) is 14.9. The number of ether oxygens (including phenoxy) is 2. The number of hydrogen-bond donors (Lipinski definition) is 1. The summed E-state index contributed by atoms with van der Waals surface area (Å²) in [6.45, 7) is 0.243. The van der Waals surface area contributed by atoms with Gasteiger partial charge in [-0.15, -0.1) is 0 Å². The SMILES string of the molecule is OC(Cc1ccco1)c1ccc2c(c1)OCO2. The molecule has 3 rings (SSSR count). The summed E-state index contributed by atoms with van der Waals surface area (Å²) in [7, 11) is 0. The standard InChI is InChI=1S/C13H12O4/c14-11(7-10-2-1-5-15-10)9-3-4-12-13(6-9)17-8-16-12/h1-6,11,14H,7-8H2. The Labute approximate surface area is 98.4 Å². The number of aliphatic hydroxyl groups is 1. The second-order valence-electron chi connectivity index (χ2n) is 3.91. The van der Waals surface area contributed by atoms with E-state index in [4.69, 9.17) is 13.9 Å². The van der Waals surface area contributed by atoms with Crippen molar-refractivity contribution in [1.82, 2.24) is 0 Å². The lowest BCUT2D eigenvalue weighted by Crippen LogP contribution is -2.00. The Morgan fingerprint density at radius 3 is 2.88 bits per heavy atom. The van der Waals surface area contributed by atoms with Gasteiger partial charge < -0.3 is 19.0 Å². The van der Waals surface area contributed by atoms with Gasteiger partial charge in [-0.3, -0.25) is 0 Å². The van der Waals surface area contributed by atoms with Crippen LogP contribution in [0.2, 0.25) is 0 Å². The maximum atomic E-state index is 10.1. The van der Waals surface area contributed by atoms with Gasteiger partial charge in [0.2, 0.25) is 6.79 Å². The first-order valence-corrected chi connectivity index (χ1v) is 5.43. The smallest absolute Gasteiger partial charge is 0.231 e. The van der Waals surface area contributed by atoms with Crippen molar-refractivity contribution in [3.63, 3.8) is 0 Å². The lowest BCUT2D eigenvalue weighted by atomic mass is 10.0. The summed E-state index contributed by atoms with van der Waals surface area (Å²) in [5.74, 6) is 2.16. The third-order valence-corrected chi connectivity index (χ3v) is 2.76. The van der Waals surface area contributed by atoms with Crippen molar-refractivity contribution in [3.8, 4) is 11.5 Å². The molecule has 0 aliphatic carbocycles. The number of furan rings is 1. The fourth-order valence-electron chi connectivity index (χ4n) is 1.86. The minimum absolute atomic E-state index is 0.243. The molecule has 0 radical (unpaired) electrons. The highest BCUT2D eigenvalue weighted by Crippen LogP contribution is 2.34. The second kappa shape index (κ2) is 4.14. The predicted octanol–water partition coefficient (Wildman–Crippen LogP) is 2.28. The van der Waals surface area contributed by atoms with E-state index in [2.05, 4.69) is 0 Å². The first-order valence-electron chi connectivity index (χ1n) is 5.43. The maximum absolute atomic E-state index is 10.1. The van der Waals surface area contributed by atoms with Crippen molar-refractivity contribution in [2.45, 2.75) is 12.5 Å². The number of rotatable bonds is 3. The Bertz CT molecular complexity index is 504. The van der Waals surface area contributed by atoms with Crippen LogP contribution in [0.15, 0.2) is 41.0 Å². The summed E-state index contributed by atoms with van der Waals surface area (Å²) in [6.07, 6.45) is 1.45. The fraction of sp³-hybridized carbons (Fsp3) is 0.231. The molecule has 0 amide bonds. The average Bonchev–Trinajstić information content (AvgIpc) is 2.97. The van der Waals surface area contributed by atoms with Crippen LogP contribution in [0.25, 0.3) is 0 Å². The Morgan fingerprint density at radius 2 is 2.06 bits per heavy atom. The molecular formula is C13H12O4. The molecule has 17 heavy (non-hydrogen) atoms. The van der Waals surface area contributed by atoms with Gasteiger partial charge in [-0.2, -0.15) is 0 Å². The molecule has 1 aromatic carbocycles. The van der Waals surface area contributed by atoms with Crippen molar-refractivity contribution < 1.29 is 19.0 Å². The zero-order valence-electron chi connectivity index (χ0n) is 9.13. The summed E-state index contributed by atoms with van der Waals surface area (Å²) in [5.41, 5.74) is 0.797. The quantitative estimate of drug-likeness (QED) is 0.882. The third-order valence-electron chi connectivity index (χ3n) is 2.76. The van der Waals surface area contributed by atoms with Crippen LogP contribution >= 0.6 is 0 Å². The van der Waals surface area contributed by atoms with Gasteiger partial charge in [0, 0.05) is 6.42 Å². The molecule has 88 valence electrons. The van der Waals surface area contributed by atoms with E-state index in [1.165, 1.54) is 0 Å². The number of benzene rings is 1. The summed E-state index contributed by atoms with van der Waals surface area (Å²) < 4.78 is 15.7. The molecule has 0 fully saturated rings. The summed E-state index contributed by atoms with van der Waals surface area (Å²) in [5, 5.41) is 10.1. The highest BCUT2D eigenvalue weighted by molar-refractivity contribution is 5.45. The molecule has 0 saturated heterocycles. The first-order chi connectivity index (χ1) is 8.33. The highest BCUT2D eigenvalue weighted by Gasteiger charge is 2.17. The highest BCUT2D eigenvalue weighted by atomic mass is 16.7. The van der Waals surface area contributed by atoms with Gasteiger partial charge in [0.15, 0.2) is 11.5 Å². The van der Waals surface area contributed by atoms with E-state index < -0.39 is 6.10 Å². The Balaban J connectivity index is 1.79. The minimum atomic E-state index is -0.601. The van der Waals surface area contributed by atoms with Gasteiger partial charge in [-0.25, -0.2) is 0 Å². The second-order valence-corrected chi connectivity index (χ2v) is 3.91. The molecule has 0 bridgehead atoms. The van der Waals surface area contributed by atoms with Crippen LogP contribution in [0, 0.1) is 0 Å². The number of fused-ring (bicyclic) bond motifs is 1. The van der Waals surface area contributed by atoms with Crippen molar-refractivity contribution in [2.75, 3.05) is 6.79 Å². The van der Waals surface area contributed by atoms with Gasteiger partial charge in [0.1, 0.15) is 5.76 Å². The Morgan fingerprint density at radius 1 is 1.18 bits per heavy atom. The molecule has 1 unspecified atom stereocenters. The maximum Gasteiger partial charge on any atom is 0.231 e. The van der Waals surface area contributed by atoms with E-state index in [0.717, 1.165) is 17.1 Å². The topological polar surface area (TPSA) is 51.8 Å². The summed E-state index contributed by atoms with van der Waals surface area (Å²) in [4.78, 5) is 0. The molecule has 1 N–H and O–H groups in total. The van der Waals surface area contributed by atoms with Crippen LogP contribution in [0.5, 0.6) is 11.5 Å². The monoisotopic (exact) mass is 232 g/mol. The van der Waals surface area contributed by atoms with Crippen molar-refractivity contribution in [3.05, 3.63) is 47.9 Å². The molecule has 4 heteroatoms. The molecule has 1 atom stereocenters. The van der Waals surface area contributed by atoms with Gasteiger partial charge in [-0.05, 0) is 29.8 Å². The Kier molecular flexibility index (Phi) is 2.49. The minimum Gasteiger partial charge on any atom is -0.469 e. The average molecular weight is 232 g/mol. The van der Waals surface area contributed by atoms with E-state index in [1.54, 1.807) is 12.3 Å². The molecule has 2 aromatic rings. The number of hydrogen-bond acceptors (Lipinski definition) is 4. The van der Waals surface area contributed by atoms with Crippen LogP contribution in [0.3, 0.4) is 0 Å². The largest absolute Gasteiger partial charge is 0.469 e. The zero-order valence-corrected chi connectivity index (χ0v) is 9.13. The van der Waals surface area contributed by atoms with E-state index in [0.29, 0.717) is 12.2 Å². The first kappa shape index (κ1) is 10.2. The molecule has 0 spiro atoms. The van der Waals surface area contributed by atoms with Gasteiger partial charge in [0.05, 0.1) is 12.4 Å². The van der Waals surface area contributed by atoms with Crippen molar-refractivity contribution in [1.29, 1.82) is 0 Å². The zero-order chi connectivity index (χ0) is 11.7. The molecule has 4 nitrogen and oxygen atoms in total. The van der Waals surface area contributed by atoms with Crippen molar-refractivity contribution >= 4 is 0 Å². The van der Waals surface area contributed by atoms with Gasteiger partial charge in [-0.1, -0.05) is 6.07 Å². The predicted molar refractivity (Wildman–Crippen MR) is 59.9 cm³/mol. The summed E-state index contributed by atoms with van der Waals surface area (Å²) in [6, 6.07) is 9.10.